The second-order valence-electron chi connectivity index (χ2n) is 5.89. The molecule has 2 nitrogen and oxygen atoms in total. The van der Waals surface area contributed by atoms with Crippen LogP contribution >= 0.6 is 0 Å². The highest BCUT2D eigenvalue weighted by Gasteiger charge is 2.19. The van der Waals surface area contributed by atoms with Crippen LogP contribution < -0.4 is 0 Å². The van der Waals surface area contributed by atoms with Crippen molar-refractivity contribution in [2.24, 2.45) is 0 Å². The summed E-state index contributed by atoms with van der Waals surface area (Å²) in [6, 6.07) is 22.6. The zero-order valence-electron chi connectivity index (χ0n) is 12.8. The lowest BCUT2D eigenvalue weighted by Crippen LogP contribution is -1.96. The van der Waals surface area contributed by atoms with Gasteiger partial charge in [0.2, 0.25) is 0 Å². The number of hydrogen-bond donors (Lipinski definition) is 0. The summed E-state index contributed by atoms with van der Waals surface area (Å²) in [5, 5.41) is 8.99. The van der Waals surface area contributed by atoms with Crippen LogP contribution in [0.2, 0.25) is 0 Å². The second-order valence-corrected chi connectivity index (χ2v) is 5.89. The molecule has 110 valence electrons. The van der Waals surface area contributed by atoms with Gasteiger partial charge in [0.1, 0.15) is 0 Å². The molecular weight excluding hydrogens is 280 g/mol. The third-order valence-corrected chi connectivity index (χ3v) is 4.44. The van der Waals surface area contributed by atoms with Crippen LogP contribution in [0.4, 0.5) is 0 Å². The molecule has 4 rings (SSSR count). The fourth-order valence-electron chi connectivity index (χ4n) is 3.28. The Hall–Kier alpha value is -2.92. The molecule has 0 saturated carbocycles. The molecule has 2 aromatic carbocycles. The van der Waals surface area contributed by atoms with Crippen LogP contribution in [0, 0.1) is 11.3 Å². The molecule has 0 amide bonds. The van der Waals surface area contributed by atoms with Crippen LogP contribution in [-0.4, -0.2) is 4.98 Å². The lowest BCUT2D eigenvalue weighted by Gasteiger charge is -2.12. The summed E-state index contributed by atoms with van der Waals surface area (Å²) in [4.78, 5) is 4.89. The summed E-state index contributed by atoms with van der Waals surface area (Å²) < 4.78 is 0. The average Bonchev–Trinajstić information content (AvgIpc) is 3.10. The molecule has 0 atom stereocenters. The normalized spacial score (nSPS) is 12.7. The van der Waals surface area contributed by atoms with E-state index in [2.05, 4.69) is 24.3 Å². The zero-order chi connectivity index (χ0) is 15.6. The van der Waals surface area contributed by atoms with Crippen LogP contribution in [0.1, 0.15) is 23.2 Å². The Morgan fingerprint density at radius 3 is 2.39 bits per heavy atom. The van der Waals surface area contributed by atoms with Crippen LogP contribution in [0.3, 0.4) is 0 Å². The van der Waals surface area contributed by atoms with E-state index in [1.165, 1.54) is 28.8 Å². The summed E-state index contributed by atoms with van der Waals surface area (Å²) in [6.07, 6.45) is 3.32. The highest BCUT2D eigenvalue weighted by Crippen LogP contribution is 2.34. The van der Waals surface area contributed by atoms with Gasteiger partial charge in [0.25, 0.3) is 0 Å². The predicted octanol–water partition coefficient (Wildman–Crippen LogP) is 4.78. The molecule has 0 spiro atoms. The Labute approximate surface area is 136 Å². The topological polar surface area (TPSA) is 36.7 Å². The molecule has 23 heavy (non-hydrogen) atoms. The first-order valence-electron chi connectivity index (χ1n) is 7.94. The van der Waals surface area contributed by atoms with Crippen molar-refractivity contribution in [1.29, 1.82) is 5.26 Å². The molecule has 0 N–H and O–H groups in total. The van der Waals surface area contributed by atoms with Gasteiger partial charge in [-0.3, -0.25) is 4.98 Å². The molecule has 1 aliphatic carbocycles. The third-order valence-electron chi connectivity index (χ3n) is 4.44. The smallest absolute Gasteiger partial charge is 0.0991 e. The Balaban J connectivity index is 1.88. The minimum Gasteiger partial charge on any atom is -0.253 e. The summed E-state index contributed by atoms with van der Waals surface area (Å²) in [5.74, 6) is 0. The first-order valence-corrected chi connectivity index (χ1v) is 7.94. The number of hydrogen-bond acceptors (Lipinski definition) is 2. The van der Waals surface area contributed by atoms with E-state index in [9.17, 15) is 0 Å². The maximum atomic E-state index is 8.99. The number of benzene rings is 2. The number of aryl methyl sites for hydroxylation is 1. The lowest BCUT2D eigenvalue weighted by atomic mass is 9.96. The second kappa shape index (κ2) is 5.70. The van der Waals surface area contributed by atoms with Crippen molar-refractivity contribution in [2.45, 2.75) is 19.3 Å². The average molecular weight is 296 g/mol. The maximum absolute atomic E-state index is 8.99. The molecule has 1 aliphatic rings. The molecule has 0 saturated heterocycles. The van der Waals surface area contributed by atoms with E-state index < -0.39 is 0 Å². The van der Waals surface area contributed by atoms with Crippen molar-refractivity contribution in [3.63, 3.8) is 0 Å². The Morgan fingerprint density at radius 2 is 1.65 bits per heavy atom. The van der Waals surface area contributed by atoms with E-state index in [1.807, 2.05) is 42.5 Å². The first-order chi connectivity index (χ1) is 11.3. The molecule has 0 bridgehead atoms. The van der Waals surface area contributed by atoms with Gasteiger partial charge in [0, 0.05) is 11.3 Å². The minimum absolute atomic E-state index is 0.697. The van der Waals surface area contributed by atoms with Gasteiger partial charge in [-0.15, -0.1) is 0 Å². The molecule has 2 heteroatoms. The Morgan fingerprint density at radius 1 is 0.870 bits per heavy atom. The number of fused-ring (bicyclic) bond motifs is 1. The van der Waals surface area contributed by atoms with Crippen molar-refractivity contribution < 1.29 is 0 Å². The van der Waals surface area contributed by atoms with E-state index in [1.54, 1.807) is 0 Å². The van der Waals surface area contributed by atoms with E-state index in [0.29, 0.717) is 5.56 Å². The summed E-state index contributed by atoms with van der Waals surface area (Å²) in [5.41, 5.74) is 7.91. The number of nitriles is 1. The highest BCUT2D eigenvalue weighted by atomic mass is 14.7. The SMILES string of the molecule is N#Cc1ccc(-c2cc(-c3ccccc3)nc3c2CCC3)cc1. The van der Waals surface area contributed by atoms with Crippen molar-refractivity contribution >= 4 is 0 Å². The molecule has 1 heterocycles. The monoisotopic (exact) mass is 296 g/mol. The zero-order valence-corrected chi connectivity index (χ0v) is 12.8. The molecular formula is C21H16N2. The quantitative estimate of drug-likeness (QED) is 0.682. The molecule has 0 fully saturated rings. The molecule has 0 radical (unpaired) electrons. The highest BCUT2D eigenvalue weighted by molar-refractivity contribution is 5.75. The van der Waals surface area contributed by atoms with Crippen molar-refractivity contribution in [1.82, 2.24) is 4.98 Å². The van der Waals surface area contributed by atoms with Gasteiger partial charge in [-0.05, 0) is 54.2 Å². The van der Waals surface area contributed by atoms with E-state index in [-0.39, 0.29) is 0 Å². The minimum atomic E-state index is 0.697. The third kappa shape index (κ3) is 2.51. The van der Waals surface area contributed by atoms with Crippen LogP contribution in [-0.2, 0) is 12.8 Å². The largest absolute Gasteiger partial charge is 0.253 e. The summed E-state index contributed by atoms with van der Waals surface area (Å²) in [6.45, 7) is 0. The fraction of sp³-hybridized carbons (Fsp3) is 0.143. The first kappa shape index (κ1) is 13.7. The van der Waals surface area contributed by atoms with E-state index in [0.717, 1.165) is 24.1 Å². The fourth-order valence-corrected chi connectivity index (χ4v) is 3.28. The van der Waals surface area contributed by atoms with Gasteiger partial charge >= 0.3 is 0 Å². The number of rotatable bonds is 2. The molecule has 3 aromatic rings. The van der Waals surface area contributed by atoms with Crippen LogP contribution in [0.25, 0.3) is 22.4 Å². The van der Waals surface area contributed by atoms with Gasteiger partial charge in [-0.2, -0.15) is 5.26 Å². The van der Waals surface area contributed by atoms with Gasteiger partial charge in [0.15, 0.2) is 0 Å². The van der Waals surface area contributed by atoms with Gasteiger partial charge < -0.3 is 0 Å². The molecule has 1 aromatic heterocycles. The van der Waals surface area contributed by atoms with Crippen molar-refractivity contribution in [3.05, 3.63) is 77.5 Å². The number of nitrogens with zero attached hydrogens (tertiary/aromatic N) is 2. The van der Waals surface area contributed by atoms with Crippen LogP contribution in [0.15, 0.2) is 60.7 Å². The van der Waals surface area contributed by atoms with E-state index >= 15 is 0 Å². The number of aromatic nitrogens is 1. The summed E-state index contributed by atoms with van der Waals surface area (Å²) >= 11 is 0. The Bertz CT molecular complexity index is 888. The predicted molar refractivity (Wildman–Crippen MR) is 91.8 cm³/mol. The van der Waals surface area contributed by atoms with Crippen molar-refractivity contribution in [3.8, 4) is 28.5 Å². The van der Waals surface area contributed by atoms with Gasteiger partial charge in [0.05, 0.1) is 17.3 Å². The molecule has 0 unspecified atom stereocenters. The summed E-state index contributed by atoms with van der Waals surface area (Å²) in [7, 11) is 0. The van der Waals surface area contributed by atoms with Gasteiger partial charge in [-0.1, -0.05) is 42.5 Å². The van der Waals surface area contributed by atoms with Crippen LogP contribution in [0.5, 0.6) is 0 Å². The molecule has 0 aliphatic heterocycles. The van der Waals surface area contributed by atoms with Gasteiger partial charge in [-0.25, -0.2) is 0 Å². The maximum Gasteiger partial charge on any atom is 0.0991 e. The standard InChI is InChI=1S/C21H16N2/c22-14-15-9-11-16(12-10-15)19-13-21(17-5-2-1-3-6-17)23-20-8-4-7-18(19)20/h1-3,5-6,9-13H,4,7-8H2. The Kier molecular flexibility index (Phi) is 3.40. The van der Waals surface area contributed by atoms with E-state index in [4.69, 9.17) is 10.2 Å². The van der Waals surface area contributed by atoms with Crippen molar-refractivity contribution in [2.75, 3.05) is 0 Å². The lowest BCUT2D eigenvalue weighted by molar-refractivity contribution is 0.900. The number of pyridine rings is 1.